The predicted molar refractivity (Wildman–Crippen MR) is 128 cm³/mol. The smallest absolute Gasteiger partial charge is 0.194 e. The number of aliphatic imine (C=N–C) groups is 1. The molecule has 1 saturated heterocycles. The zero-order valence-electron chi connectivity index (χ0n) is 16.9. The molecule has 1 fully saturated rings. The zero-order chi connectivity index (χ0) is 19.3. The van der Waals surface area contributed by atoms with Gasteiger partial charge in [-0.05, 0) is 23.3 Å². The molecule has 29 heavy (non-hydrogen) atoms. The number of morpholine rings is 1. The van der Waals surface area contributed by atoms with E-state index in [0.717, 1.165) is 31.2 Å². The summed E-state index contributed by atoms with van der Waals surface area (Å²) in [6.07, 6.45) is 3.92. The van der Waals surface area contributed by atoms with Crippen molar-refractivity contribution in [2.24, 2.45) is 12.0 Å². The Bertz CT molecular complexity index is 965. The first-order chi connectivity index (χ1) is 13.7. The van der Waals surface area contributed by atoms with Crippen LogP contribution < -0.4 is 5.32 Å². The van der Waals surface area contributed by atoms with Crippen LogP contribution in [0.4, 0.5) is 0 Å². The summed E-state index contributed by atoms with van der Waals surface area (Å²) in [4.78, 5) is 7.23. The van der Waals surface area contributed by atoms with Gasteiger partial charge in [0, 0.05) is 31.9 Å². The summed E-state index contributed by atoms with van der Waals surface area (Å²) < 4.78 is 7.80. The number of nitrogens with one attached hydrogen (secondary N) is 1. The van der Waals surface area contributed by atoms with Gasteiger partial charge in [-0.1, -0.05) is 42.5 Å². The first-order valence-electron chi connectivity index (χ1n) is 9.84. The highest BCUT2D eigenvalue weighted by atomic mass is 127. The standard InChI is InChI=1S/C22H27N5O.HI/c1-3-23-22(24-13-18-9-6-8-17-7-4-5-10-20(17)18)27-11-12-28-21(16-27)19-14-25-26(2)15-19;/h4-10,14-15,21H,3,11-13,16H2,1-2H3,(H,23,24);1H. The highest BCUT2D eigenvalue weighted by molar-refractivity contribution is 14.0. The molecule has 1 atom stereocenters. The van der Waals surface area contributed by atoms with Crippen molar-refractivity contribution in [1.29, 1.82) is 0 Å². The van der Waals surface area contributed by atoms with Crippen LogP contribution in [0.5, 0.6) is 0 Å². The van der Waals surface area contributed by atoms with Gasteiger partial charge in [-0.2, -0.15) is 5.10 Å². The molecule has 7 heteroatoms. The molecule has 3 aromatic rings. The summed E-state index contributed by atoms with van der Waals surface area (Å²) in [6.45, 7) is 5.87. The van der Waals surface area contributed by atoms with E-state index in [9.17, 15) is 0 Å². The Balaban J connectivity index is 0.00000240. The van der Waals surface area contributed by atoms with Gasteiger partial charge in [-0.25, -0.2) is 4.99 Å². The molecule has 0 spiro atoms. The van der Waals surface area contributed by atoms with Crippen LogP contribution in [-0.2, 0) is 18.3 Å². The van der Waals surface area contributed by atoms with Gasteiger partial charge >= 0.3 is 0 Å². The number of aromatic nitrogens is 2. The molecule has 1 N–H and O–H groups in total. The maximum Gasteiger partial charge on any atom is 0.194 e. The lowest BCUT2D eigenvalue weighted by Gasteiger charge is -2.34. The number of halogens is 1. The topological polar surface area (TPSA) is 54.7 Å². The molecule has 154 valence electrons. The van der Waals surface area contributed by atoms with Crippen molar-refractivity contribution < 1.29 is 4.74 Å². The number of ether oxygens (including phenoxy) is 1. The number of hydrogen-bond donors (Lipinski definition) is 1. The number of guanidine groups is 1. The van der Waals surface area contributed by atoms with E-state index in [1.807, 2.05) is 24.1 Å². The molecule has 6 nitrogen and oxygen atoms in total. The average Bonchev–Trinajstić information content (AvgIpc) is 3.17. The molecule has 2 aromatic carbocycles. The average molecular weight is 505 g/mol. The monoisotopic (exact) mass is 505 g/mol. The molecule has 4 rings (SSSR count). The van der Waals surface area contributed by atoms with Gasteiger partial charge in [0.25, 0.3) is 0 Å². The van der Waals surface area contributed by atoms with Crippen molar-refractivity contribution >= 4 is 40.7 Å². The maximum absolute atomic E-state index is 5.98. The Hall–Kier alpha value is -2.13. The van der Waals surface area contributed by atoms with Crippen LogP contribution in [0.2, 0.25) is 0 Å². The third kappa shape index (κ3) is 5.08. The second kappa shape index (κ2) is 10.1. The highest BCUT2D eigenvalue weighted by Crippen LogP contribution is 2.22. The van der Waals surface area contributed by atoms with Crippen LogP contribution in [0.1, 0.15) is 24.2 Å². The van der Waals surface area contributed by atoms with Crippen LogP contribution in [0, 0.1) is 0 Å². The van der Waals surface area contributed by atoms with Crippen molar-refractivity contribution in [3.8, 4) is 0 Å². The summed E-state index contributed by atoms with van der Waals surface area (Å²) in [5.74, 6) is 0.938. The van der Waals surface area contributed by atoms with Crippen LogP contribution in [0.25, 0.3) is 10.8 Å². The van der Waals surface area contributed by atoms with Gasteiger partial charge in [0.05, 0.1) is 25.9 Å². The normalized spacial score (nSPS) is 17.2. The Labute approximate surface area is 189 Å². The van der Waals surface area contributed by atoms with Gasteiger partial charge in [-0.3, -0.25) is 4.68 Å². The Kier molecular flexibility index (Phi) is 7.49. The lowest BCUT2D eigenvalue weighted by Crippen LogP contribution is -2.48. The Morgan fingerprint density at radius 1 is 1.24 bits per heavy atom. The van der Waals surface area contributed by atoms with Crippen molar-refractivity contribution in [3.05, 3.63) is 66.0 Å². The first kappa shape index (κ1) is 21.6. The number of nitrogens with zero attached hydrogens (tertiary/aromatic N) is 4. The quantitative estimate of drug-likeness (QED) is 0.334. The molecule has 0 aliphatic carbocycles. The van der Waals surface area contributed by atoms with E-state index in [0.29, 0.717) is 13.2 Å². The van der Waals surface area contributed by atoms with Crippen molar-refractivity contribution in [3.63, 3.8) is 0 Å². The van der Waals surface area contributed by atoms with Crippen LogP contribution in [0.15, 0.2) is 59.9 Å². The first-order valence-corrected chi connectivity index (χ1v) is 9.84. The maximum atomic E-state index is 5.98. The molecule has 0 bridgehead atoms. The zero-order valence-corrected chi connectivity index (χ0v) is 19.2. The number of aryl methyl sites for hydroxylation is 1. The summed E-state index contributed by atoms with van der Waals surface area (Å²) in [5, 5.41) is 10.2. The second-order valence-electron chi connectivity index (χ2n) is 7.06. The summed E-state index contributed by atoms with van der Waals surface area (Å²) in [6, 6.07) is 14.9. The minimum atomic E-state index is 0. The molecule has 2 heterocycles. The second-order valence-corrected chi connectivity index (χ2v) is 7.06. The largest absolute Gasteiger partial charge is 0.370 e. The van der Waals surface area contributed by atoms with E-state index >= 15 is 0 Å². The summed E-state index contributed by atoms with van der Waals surface area (Å²) in [5.41, 5.74) is 2.35. The van der Waals surface area contributed by atoms with Gasteiger partial charge < -0.3 is 15.0 Å². The van der Waals surface area contributed by atoms with Crippen LogP contribution >= 0.6 is 24.0 Å². The van der Waals surface area contributed by atoms with E-state index in [2.05, 4.69) is 64.7 Å². The Morgan fingerprint density at radius 2 is 2.07 bits per heavy atom. The number of hydrogen-bond acceptors (Lipinski definition) is 3. The molecule has 1 aliphatic heterocycles. The summed E-state index contributed by atoms with van der Waals surface area (Å²) >= 11 is 0. The van der Waals surface area contributed by atoms with Gasteiger partial charge in [0.15, 0.2) is 5.96 Å². The fraction of sp³-hybridized carbons (Fsp3) is 0.364. The Morgan fingerprint density at radius 3 is 2.86 bits per heavy atom. The molecule has 1 aromatic heterocycles. The van der Waals surface area contributed by atoms with E-state index in [1.165, 1.54) is 16.3 Å². The fourth-order valence-electron chi connectivity index (χ4n) is 3.67. The van der Waals surface area contributed by atoms with E-state index in [-0.39, 0.29) is 30.1 Å². The molecular formula is C22H28IN5O. The SMILES string of the molecule is CCNC(=NCc1cccc2ccccc12)N1CCOC(c2cnn(C)c2)C1.I. The van der Waals surface area contributed by atoms with E-state index < -0.39 is 0 Å². The predicted octanol–water partition coefficient (Wildman–Crippen LogP) is 3.73. The van der Waals surface area contributed by atoms with E-state index in [4.69, 9.17) is 9.73 Å². The minimum Gasteiger partial charge on any atom is -0.370 e. The molecule has 1 unspecified atom stereocenters. The molecule has 0 amide bonds. The van der Waals surface area contributed by atoms with Gasteiger partial charge in [0.2, 0.25) is 0 Å². The molecule has 0 radical (unpaired) electrons. The van der Waals surface area contributed by atoms with Gasteiger partial charge in [-0.15, -0.1) is 24.0 Å². The third-order valence-electron chi connectivity index (χ3n) is 5.08. The van der Waals surface area contributed by atoms with E-state index in [1.54, 1.807) is 0 Å². The van der Waals surface area contributed by atoms with Crippen molar-refractivity contribution in [2.75, 3.05) is 26.2 Å². The molecule has 1 aliphatic rings. The highest BCUT2D eigenvalue weighted by Gasteiger charge is 2.25. The third-order valence-corrected chi connectivity index (χ3v) is 5.08. The van der Waals surface area contributed by atoms with Crippen LogP contribution in [0.3, 0.4) is 0 Å². The molecular weight excluding hydrogens is 477 g/mol. The van der Waals surface area contributed by atoms with Crippen molar-refractivity contribution in [1.82, 2.24) is 20.0 Å². The summed E-state index contributed by atoms with van der Waals surface area (Å²) in [7, 11) is 1.93. The number of rotatable bonds is 4. The van der Waals surface area contributed by atoms with Crippen molar-refractivity contribution in [2.45, 2.75) is 19.6 Å². The number of benzene rings is 2. The van der Waals surface area contributed by atoms with Crippen LogP contribution in [-0.4, -0.2) is 46.9 Å². The number of fused-ring (bicyclic) bond motifs is 1. The lowest BCUT2D eigenvalue weighted by atomic mass is 10.0. The minimum absolute atomic E-state index is 0. The van der Waals surface area contributed by atoms with Gasteiger partial charge in [0.1, 0.15) is 6.10 Å². The lowest BCUT2D eigenvalue weighted by molar-refractivity contribution is -0.00805. The fourth-order valence-corrected chi connectivity index (χ4v) is 3.67. The molecule has 0 saturated carbocycles.